The fraction of sp³-hybridized carbons (Fsp3) is 0.650. The summed E-state index contributed by atoms with van der Waals surface area (Å²) >= 11 is 0. The highest BCUT2D eigenvalue weighted by Gasteiger charge is 2.03. The maximum absolute atomic E-state index is 11.9. The number of carbonyl (C=O) groups excluding carboxylic acids is 1. The van der Waals surface area contributed by atoms with Crippen molar-refractivity contribution < 1.29 is 4.79 Å². The summed E-state index contributed by atoms with van der Waals surface area (Å²) in [5.41, 5.74) is 2.25. The van der Waals surface area contributed by atoms with E-state index < -0.39 is 0 Å². The number of carbonyl (C=O) groups is 1. The number of nitrogens with one attached hydrogen (secondary N) is 1. The molecular weight excluding hydrogens is 270 g/mol. The Hall–Kier alpha value is -1.31. The summed E-state index contributed by atoms with van der Waals surface area (Å²) < 4.78 is 0. The van der Waals surface area contributed by atoms with Crippen molar-refractivity contribution >= 4 is 11.6 Å². The number of rotatable bonds is 10. The first kappa shape index (κ1) is 18.7. The van der Waals surface area contributed by atoms with Crippen LogP contribution in [0, 0.1) is 11.8 Å². The second-order valence-corrected chi connectivity index (χ2v) is 7.19. The maximum atomic E-state index is 11.9. The van der Waals surface area contributed by atoms with Crippen molar-refractivity contribution in [1.82, 2.24) is 0 Å². The van der Waals surface area contributed by atoms with Gasteiger partial charge in [-0.05, 0) is 42.4 Å². The molecule has 0 bridgehead atoms. The summed E-state index contributed by atoms with van der Waals surface area (Å²) in [4.78, 5) is 11.9. The molecule has 0 spiro atoms. The lowest BCUT2D eigenvalue weighted by atomic mass is 10.0. The first-order valence-electron chi connectivity index (χ1n) is 8.86. The lowest BCUT2D eigenvalue weighted by molar-refractivity contribution is -0.116. The van der Waals surface area contributed by atoms with E-state index in [1.807, 2.05) is 12.1 Å². The van der Waals surface area contributed by atoms with Gasteiger partial charge in [0.2, 0.25) is 5.91 Å². The van der Waals surface area contributed by atoms with Crippen molar-refractivity contribution in [2.24, 2.45) is 11.8 Å². The minimum Gasteiger partial charge on any atom is -0.326 e. The van der Waals surface area contributed by atoms with Crippen molar-refractivity contribution in [3.05, 3.63) is 29.8 Å². The molecule has 0 saturated carbocycles. The van der Waals surface area contributed by atoms with E-state index in [1.165, 1.54) is 24.8 Å². The molecule has 0 aliphatic rings. The largest absolute Gasteiger partial charge is 0.326 e. The van der Waals surface area contributed by atoms with Gasteiger partial charge in [-0.15, -0.1) is 0 Å². The number of hydrogen-bond donors (Lipinski definition) is 1. The monoisotopic (exact) mass is 303 g/mol. The molecule has 2 heteroatoms. The van der Waals surface area contributed by atoms with Crippen molar-refractivity contribution in [3.63, 3.8) is 0 Å². The zero-order valence-electron chi connectivity index (χ0n) is 14.8. The average Bonchev–Trinajstić information content (AvgIpc) is 2.44. The van der Waals surface area contributed by atoms with Gasteiger partial charge in [0.05, 0.1) is 0 Å². The highest BCUT2D eigenvalue weighted by molar-refractivity contribution is 5.90. The lowest BCUT2D eigenvalue weighted by Crippen LogP contribution is -2.11. The molecule has 0 unspecified atom stereocenters. The predicted octanol–water partition coefficient (Wildman–Crippen LogP) is 5.82. The molecule has 0 fully saturated rings. The Kier molecular flexibility index (Phi) is 8.88. The third kappa shape index (κ3) is 8.86. The summed E-state index contributed by atoms with van der Waals surface area (Å²) in [7, 11) is 0. The van der Waals surface area contributed by atoms with Gasteiger partial charge in [-0.3, -0.25) is 4.79 Å². The van der Waals surface area contributed by atoms with Crippen molar-refractivity contribution in [3.8, 4) is 0 Å². The second-order valence-electron chi connectivity index (χ2n) is 7.19. The molecule has 0 radical (unpaired) electrons. The average molecular weight is 303 g/mol. The van der Waals surface area contributed by atoms with E-state index in [0.29, 0.717) is 12.3 Å². The molecule has 0 heterocycles. The van der Waals surface area contributed by atoms with Gasteiger partial charge >= 0.3 is 0 Å². The Balaban J connectivity index is 2.19. The van der Waals surface area contributed by atoms with E-state index in [2.05, 4.69) is 45.1 Å². The maximum Gasteiger partial charge on any atom is 0.224 e. The molecule has 1 aromatic rings. The van der Waals surface area contributed by atoms with Gasteiger partial charge in [-0.2, -0.15) is 0 Å². The van der Waals surface area contributed by atoms with E-state index in [4.69, 9.17) is 0 Å². The highest BCUT2D eigenvalue weighted by atomic mass is 16.1. The van der Waals surface area contributed by atoms with Crippen LogP contribution in [-0.4, -0.2) is 5.91 Å². The third-order valence-corrected chi connectivity index (χ3v) is 3.82. The minimum absolute atomic E-state index is 0.139. The van der Waals surface area contributed by atoms with E-state index in [-0.39, 0.29) is 5.91 Å². The smallest absolute Gasteiger partial charge is 0.224 e. The Labute approximate surface area is 136 Å². The van der Waals surface area contributed by atoms with Crippen LogP contribution in [0.3, 0.4) is 0 Å². The summed E-state index contributed by atoms with van der Waals surface area (Å²) in [6.07, 6.45) is 7.71. The summed E-state index contributed by atoms with van der Waals surface area (Å²) in [6.45, 7) is 8.97. The molecule has 124 valence electrons. The van der Waals surface area contributed by atoms with Gasteiger partial charge in [0, 0.05) is 12.1 Å². The van der Waals surface area contributed by atoms with Crippen LogP contribution in [0.5, 0.6) is 0 Å². The Morgan fingerprint density at radius 3 is 2.14 bits per heavy atom. The quantitative estimate of drug-likeness (QED) is 0.542. The molecule has 1 N–H and O–H groups in total. The van der Waals surface area contributed by atoms with Gasteiger partial charge in [0.15, 0.2) is 0 Å². The Morgan fingerprint density at radius 1 is 0.909 bits per heavy atom. The van der Waals surface area contributed by atoms with Gasteiger partial charge in [-0.1, -0.05) is 65.5 Å². The summed E-state index contributed by atoms with van der Waals surface area (Å²) in [5, 5.41) is 2.99. The fourth-order valence-corrected chi connectivity index (χ4v) is 2.61. The number of benzene rings is 1. The number of anilines is 1. The molecule has 0 atom stereocenters. The molecule has 0 aliphatic carbocycles. The standard InChI is InChI=1S/C20H33NO/c1-16(2)9-7-5-6-8-10-20(22)21-19-13-11-18(12-14-19)15-17(3)4/h11-14,16-17H,5-10,15H2,1-4H3,(H,21,22). The van der Waals surface area contributed by atoms with Crippen LogP contribution in [0.15, 0.2) is 24.3 Å². The van der Waals surface area contributed by atoms with Crippen molar-refractivity contribution in [2.75, 3.05) is 5.32 Å². The van der Waals surface area contributed by atoms with E-state index >= 15 is 0 Å². The van der Waals surface area contributed by atoms with Gasteiger partial charge in [0.25, 0.3) is 0 Å². The van der Waals surface area contributed by atoms with Crippen LogP contribution >= 0.6 is 0 Å². The summed E-state index contributed by atoms with van der Waals surface area (Å²) in [6, 6.07) is 8.25. The van der Waals surface area contributed by atoms with Crippen LogP contribution < -0.4 is 5.32 Å². The summed E-state index contributed by atoms with van der Waals surface area (Å²) in [5.74, 6) is 1.60. The minimum atomic E-state index is 0.139. The Morgan fingerprint density at radius 2 is 1.55 bits per heavy atom. The molecule has 0 saturated heterocycles. The van der Waals surface area contributed by atoms with E-state index in [0.717, 1.165) is 30.9 Å². The molecule has 2 nitrogen and oxygen atoms in total. The molecule has 0 aliphatic heterocycles. The van der Waals surface area contributed by atoms with Crippen LogP contribution in [0.1, 0.15) is 71.8 Å². The number of unbranched alkanes of at least 4 members (excludes halogenated alkanes) is 3. The Bertz CT molecular complexity index is 420. The zero-order valence-corrected chi connectivity index (χ0v) is 14.8. The normalized spacial score (nSPS) is 11.2. The van der Waals surface area contributed by atoms with Crippen LogP contribution in [0.4, 0.5) is 5.69 Å². The van der Waals surface area contributed by atoms with Crippen LogP contribution in [0.2, 0.25) is 0 Å². The molecule has 0 aromatic heterocycles. The van der Waals surface area contributed by atoms with Crippen molar-refractivity contribution in [2.45, 2.75) is 72.6 Å². The van der Waals surface area contributed by atoms with Crippen LogP contribution in [0.25, 0.3) is 0 Å². The molecular formula is C20H33NO. The van der Waals surface area contributed by atoms with Crippen LogP contribution in [-0.2, 0) is 11.2 Å². The molecule has 22 heavy (non-hydrogen) atoms. The molecule has 1 amide bonds. The van der Waals surface area contributed by atoms with E-state index in [9.17, 15) is 4.79 Å². The second kappa shape index (κ2) is 10.4. The number of amides is 1. The molecule has 1 rings (SSSR count). The third-order valence-electron chi connectivity index (χ3n) is 3.82. The topological polar surface area (TPSA) is 29.1 Å². The SMILES string of the molecule is CC(C)CCCCCCC(=O)Nc1ccc(CC(C)C)cc1. The highest BCUT2D eigenvalue weighted by Crippen LogP contribution is 2.14. The first-order valence-corrected chi connectivity index (χ1v) is 8.86. The first-order chi connectivity index (χ1) is 10.5. The fourth-order valence-electron chi connectivity index (χ4n) is 2.61. The van der Waals surface area contributed by atoms with Gasteiger partial charge < -0.3 is 5.32 Å². The zero-order chi connectivity index (χ0) is 16.4. The van der Waals surface area contributed by atoms with E-state index in [1.54, 1.807) is 0 Å². The predicted molar refractivity (Wildman–Crippen MR) is 96.2 cm³/mol. The molecule has 1 aromatic carbocycles. The van der Waals surface area contributed by atoms with Gasteiger partial charge in [-0.25, -0.2) is 0 Å². The van der Waals surface area contributed by atoms with Gasteiger partial charge in [0.1, 0.15) is 0 Å². The van der Waals surface area contributed by atoms with Crippen molar-refractivity contribution in [1.29, 1.82) is 0 Å². The number of hydrogen-bond acceptors (Lipinski definition) is 1. The lowest BCUT2D eigenvalue weighted by Gasteiger charge is -2.08.